The maximum atomic E-state index is 12.1. The van der Waals surface area contributed by atoms with E-state index in [2.05, 4.69) is 9.17 Å². The van der Waals surface area contributed by atoms with Crippen molar-refractivity contribution in [3.05, 3.63) is 36.1 Å². The second kappa shape index (κ2) is 4.82. The summed E-state index contributed by atoms with van der Waals surface area (Å²) >= 11 is 0. The molecule has 2 rings (SSSR count). The van der Waals surface area contributed by atoms with Gasteiger partial charge in [-0.05, 0) is 19.1 Å². The van der Waals surface area contributed by atoms with E-state index in [1.54, 1.807) is 24.3 Å². The van der Waals surface area contributed by atoms with E-state index in [4.69, 9.17) is 4.42 Å². The second-order valence-electron chi connectivity index (χ2n) is 3.84. The molecule has 1 aromatic carbocycles. The SMILES string of the molecule is Cc1ccc(-c2nc(OS(=O)(=O)C(F)(F)F)co2)cc1. The smallest absolute Gasteiger partial charge is 0.440 e. The van der Waals surface area contributed by atoms with Gasteiger partial charge in [-0.15, -0.1) is 0 Å². The summed E-state index contributed by atoms with van der Waals surface area (Å²) in [5, 5.41) is 0. The second-order valence-corrected chi connectivity index (χ2v) is 5.38. The predicted octanol–water partition coefficient (Wildman–Crippen LogP) is 2.88. The van der Waals surface area contributed by atoms with E-state index < -0.39 is 21.5 Å². The summed E-state index contributed by atoms with van der Waals surface area (Å²) in [6.45, 7) is 1.85. The van der Waals surface area contributed by atoms with Gasteiger partial charge in [-0.2, -0.15) is 26.6 Å². The highest BCUT2D eigenvalue weighted by Gasteiger charge is 2.49. The van der Waals surface area contributed by atoms with Crippen molar-refractivity contribution in [3.63, 3.8) is 0 Å². The van der Waals surface area contributed by atoms with Crippen LogP contribution in [0.1, 0.15) is 5.56 Å². The number of aryl methyl sites for hydroxylation is 1. The van der Waals surface area contributed by atoms with Crippen molar-refractivity contribution < 1.29 is 30.2 Å². The third-order valence-corrected chi connectivity index (χ3v) is 3.22. The number of aromatic nitrogens is 1. The average molecular weight is 307 g/mol. The fraction of sp³-hybridized carbons (Fsp3) is 0.182. The number of oxazole rings is 1. The summed E-state index contributed by atoms with van der Waals surface area (Å²) < 4.78 is 66.6. The summed E-state index contributed by atoms with van der Waals surface area (Å²) in [5.41, 5.74) is -4.07. The van der Waals surface area contributed by atoms with Crippen LogP contribution in [0, 0.1) is 6.92 Å². The molecule has 5 nitrogen and oxygen atoms in total. The van der Waals surface area contributed by atoms with Gasteiger partial charge in [0.25, 0.3) is 5.88 Å². The highest BCUT2D eigenvalue weighted by atomic mass is 32.2. The molecule has 0 amide bonds. The van der Waals surface area contributed by atoms with Crippen molar-refractivity contribution in [3.8, 4) is 17.3 Å². The van der Waals surface area contributed by atoms with Gasteiger partial charge in [0.05, 0.1) is 0 Å². The molecule has 0 atom stereocenters. The van der Waals surface area contributed by atoms with Crippen LogP contribution in [0.2, 0.25) is 0 Å². The molecular formula is C11H8F3NO4S. The Hall–Kier alpha value is -2.03. The molecule has 108 valence electrons. The average Bonchev–Trinajstić information content (AvgIpc) is 2.76. The maximum absolute atomic E-state index is 12.1. The minimum Gasteiger partial charge on any atom is -0.440 e. The largest absolute Gasteiger partial charge is 0.534 e. The summed E-state index contributed by atoms with van der Waals surface area (Å²) in [6, 6.07) is 6.74. The molecule has 0 saturated carbocycles. The van der Waals surface area contributed by atoms with Crippen molar-refractivity contribution in [1.29, 1.82) is 0 Å². The Morgan fingerprint density at radius 2 is 1.80 bits per heavy atom. The quantitative estimate of drug-likeness (QED) is 0.644. The molecule has 1 aromatic heterocycles. The normalized spacial score (nSPS) is 12.4. The van der Waals surface area contributed by atoms with Crippen LogP contribution < -0.4 is 4.18 Å². The van der Waals surface area contributed by atoms with Crippen LogP contribution in [0.4, 0.5) is 13.2 Å². The number of rotatable bonds is 3. The predicted molar refractivity (Wildman–Crippen MR) is 62.3 cm³/mol. The third-order valence-electron chi connectivity index (χ3n) is 2.26. The van der Waals surface area contributed by atoms with Crippen molar-refractivity contribution in [1.82, 2.24) is 4.98 Å². The fourth-order valence-electron chi connectivity index (χ4n) is 1.29. The molecule has 0 radical (unpaired) electrons. The minimum absolute atomic E-state index is 0.0441. The summed E-state index contributed by atoms with van der Waals surface area (Å²) in [6.07, 6.45) is 0.693. The molecule has 0 N–H and O–H groups in total. The van der Waals surface area contributed by atoms with Gasteiger partial charge >= 0.3 is 15.6 Å². The van der Waals surface area contributed by atoms with Gasteiger partial charge in [0, 0.05) is 5.56 Å². The van der Waals surface area contributed by atoms with E-state index in [0.717, 1.165) is 5.56 Å². The molecule has 0 aliphatic rings. The van der Waals surface area contributed by atoms with Gasteiger partial charge in [-0.3, -0.25) is 0 Å². The van der Waals surface area contributed by atoms with E-state index in [1.165, 1.54) is 0 Å². The molecule has 0 bridgehead atoms. The monoisotopic (exact) mass is 307 g/mol. The van der Waals surface area contributed by atoms with Crippen LogP contribution in [0.25, 0.3) is 11.5 Å². The molecule has 0 aliphatic carbocycles. The molecular weight excluding hydrogens is 299 g/mol. The van der Waals surface area contributed by atoms with Gasteiger partial charge in [0.1, 0.15) is 0 Å². The molecule has 0 unspecified atom stereocenters. The lowest BCUT2D eigenvalue weighted by molar-refractivity contribution is -0.0501. The molecule has 20 heavy (non-hydrogen) atoms. The van der Waals surface area contributed by atoms with Gasteiger partial charge < -0.3 is 8.60 Å². The van der Waals surface area contributed by atoms with Gasteiger partial charge in [0.2, 0.25) is 5.89 Å². The van der Waals surface area contributed by atoms with E-state index in [0.29, 0.717) is 11.8 Å². The van der Waals surface area contributed by atoms with Gasteiger partial charge in [0.15, 0.2) is 6.26 Å². The Balaban J connectivity index is 2.24. The number of nitrogens with zero attached hydrogens (tertiary/aromatic N) is 1. The molecule has 0 saturated heterocycles. The molecule has 9 heteroatoms. The molecule has 0 spiro atoms. The van der Waals surface area contributed by atoms with Crippen molar-refractivity contribution in [2.24, 2.45) is 0 Å². The molecule has 0 aliphatic heterocycles. The van der Waals surface area contributed by atoms with Crippen LogP contribution in [0.15, 0.2) is 34.9 Å². The summed E-state index contributed by atoms with van der Waals surface area (Å²) in [4.78, 5) is 3.54. The highest BCUT2D eigenvalue weighted by molar-refractivity contribution is 7.87. The Bertz CT molecular complexity index is 704. The lowest BCUT2D eigenvalue weighted by Crippen LogP contribution is -2.28. The number of alkyl halides is 3. The lowest BCUT2D eigenvalue weighted by atomic mass is 10.1. The minimum atomic E-state index is -5.75. The van der Waals surface area contributed by atoms with E-state index in [1.807, 2.05) is 6.92 Å². The van der Waals surface area contributed by atoms with Gasteiger partial charge in [-0.25, -0.2) is 0 Å². The first kappa shape index (κ1) is 14.4. The fourth-order valence-corrected chi connectivity index (χ4v) is 1.68. The number of benzene rings is 1. The first-order chi connectivity index (χ1) is 9.19. The zero-order valence-corrected chi connectivity index (χ0v) is 10.8. The van der Waals surface area contributed by atoms with Crippen LogP contribution >= 0.6 is 0 Å². The van der Waals surface area contributed by atoms with E-state index >= 15 is 0 Å². The number of halogens is 3. The topological polar surface area (TPSA) is 69.4 Å². The first-order valence-electron chi connectivity index (χ1n) is 5.22. The highest BCUT2D eigenvalue weighted by Crippen LogP contribution is 2.28. The third kappa shape index (κ3) is 2.93. The zero-order valence-electron chi connectivity index (χ0n) is 10.0. The molecule has 1 heterocycles. The molecule has 2 aromatic rings. The Labute approximate surface area is 112 Å². The Morgan fingerprint density at radius 3 is 2.35 bits per heavy atom. The first-order valence-corrected chi connectivity index (χ1v) is 6.63. The number of hydrogen-bond donors (Lipinski definition) is 0. The number of hydrogen-bond acceptors (Lipinski definition) is 5. The van der Waals surface area contributed by atoms with Crippen molar-refractivity contribution in [2.75, 3.05) is 0 Å². The summed E-state index contributed by atoms with van der Waals surface area (Å²) in [5.74, 6) is -0.824. The van der Waals surface area contributed by atoms with Crippen LogP contribution in [-0.2, 0) is 10.1 Å². The molecule has 0 fully saturated rings. The lowest BCUT2D eigenvalue weighted by Gasteiger charge is -2.05. The Morgan fingerprint density at radius 1 is 1.20 bits per heavy atom. The van der Waals surface area contributed by atoms with Gasteiger partial charge in [-0.1, -0.05) is 17.7 Å². The van der Waals surface area contributed by atoms with Crippen LogP contribution in [0.3, 0.4) is 0 Å². The Kier molecular flexibility index (Phi) is 3.46. The van der Waals surface area contributed by atoms with E-state index in [-0.39, 0.29) is 5.89 Å². The van der Waals surface area contributed by atoms with E-state index in [9.17, 15) is 21.6 Å². The zero-order chi connectivity index (χ0) is 15.0. The van der Waals surface area contributed by atoms with Crippen LogP contribution in [-0.4, -0.2) is 18.9 Å². The van der Waals surface area contributed by atoms with Crippen molar-refractivity contribution >= 4 is 10.1 Å². The summed E-state index contributed by atoms with van der Waals surface area (Å²) in [7, 11) is -5.75. The van der Waals surface area contributed by atoms with Crippen molar-refractivity contribution in [2.45, 2.75) is 12.4 Å². The standard InChI is InChI=1S/C11H8F3NO4S/c1-7-2-4-8(5-3-7)10-15-9(6-18-10)19-20(16,17)11(12,13)14/h2-6H,1H3. The maximum Gasteiger partial charge on any atom is 0.534 e. The van der Waals surface area contributed by atoms with Crippen LogP contribution in [0.5, 0.6) is 5.88 Å².